The predicted molar refractivity (Wildman–Crippen MR) is 135 cm³/mol. The lowest BCUT2D eigenvalue weighted by Crippen LogP contribution is -2.29. The van der Waals surface area contributed by atoms with Gasteiger partial charge in [-0.15, -0.1) is 0 Å². The highest BCUT2D eigenvalue weighted by atomic mass is 32.2. The Morgan fingerprint density at radius 1 is 0.971 bits per heavy atom. The molecule has 4 aromatic rings. The summed E-state index contributed by atoms with van der Waals surface area (Å²) in [7, 11) is -3.73. The highest BCUT2D eigenvalue weighted by Crippen LogP contribution is 2.51. The van der Waals surface area contributed by atoms with E-state index in [1.54, 1.807) is 18.2 Å². The van der Waals surface area contributed by atoms with Gasteiger partial charge in [-0.2, -0.15) is 0 Å². The predicted octanol–water partition coefficient (Wildman–Crippen LogP) is 5.83. The van der Waals surface area contributed by atoms with Crippen LogP contribution in [0.4, 0.5) is 11.4 Å². The van der Waals surface area contributed by atoms with Crippen molar-refractivity contribution < 1.29 is 13.2 Å². The number of aryl methyl sites for hydroxylation is 2. The number of anilines is 2. The zero-order chi connectivity index (χ0) is 23.4. The number of hydrogen-bond acceptors (Lipinski definition) is 4. The number of sulfonamides is 1. The first-order valence-corrected chi connectivity index (χ1v) is 13.1. The Morgan fingerprint density at radius 3 is 2.68 bits per heavy atom. The van der Waals surface area contributed by atoms with Crippen molar-refractivity contribution in [1.29, 1.82) is 0 Å². The first-order valence-electron chi connectivity index (χ1n) is 11.6. The number of nitrogens with one attached hydrogen (secondary N) is 3. The van der Waals surface area contributed by atoms with E-state index < -0.39 is 10.0 Å². The molecule has 3 N–H and O–H groups in total. The van der Waals surface area contributed by atoms with Gasteiger partial charge in [-0.1, -0.05) is 24.3 Å². The Morgan fingerprint density at radius 2 is 1.82 bits per heavy atom. The molecule has 0 saturated carbocycles. The molecule has 3 aromatic carbocycles. The molecule has 0 amide bonds. The molecule has 3 atom stereocenters. The van der Waals surface area contributed by atoms with Crippen LogP contribution in [-0.4, -0.2) is 20.0 Å². The Labute approximate surface area is 199 Å². The van der Waals surface area contributed by atoms with E-state index in [4.69, 9.17) is 4.74 Å². The maximum atomic E-state index is 13.2. The van der Waals surface area contributed by atoms with Crippen LogP contribution in [0.1, 0.15) is 40.8 Å². The van der Waals surface area contributed by atoms with Crippen molar-refractivity contribution in [3.05, 3.63) is 89.1 Å². The van der Waals surface area contributed by atoms with E-state index in [2.05, 4.69) is 39.4 Å². The SMILES string of the molecule is Cc1ccc(NS(=O)(=O)c2ccc3c(c2)C2OCC[C@H]2[C@@H](c2c[nH]c4ccccc24)N3)cc1C. The lowest BCUT2D eigenvalue weighted by Gasteiger charge is -2.36. The van der Waals surface area contributed by atoms with Gasteiger partial charge in [0.1, 0.15) is 0 Å². The molecule has 3 heterocycles. The molecule has 1 saturated heterocycles. The van der Waals surface area contributed by atoms with Crippen LogP contribution >= 0.6 is 0 Å². The fourth-order valence-corrected chi connectivity index (χ4v) is 6.38. The first-order chi connectivity index (χ1) is 16.4. The van der Waals surface area contributed by atoms with E-state index >= 15 is 0 Å². The minimum atomic E-state index is -3.73. The van der Waals surface area contributed by atoms with Crippen LogP contribution in [-0.2, 0) is 14.8 Å². The van der Waals surface area contributed by atoms with E-state index in [0.717, 1.165) is 34.3 Å². The number of aromatic amines is 1. The summed E-state index contributed by atoms with van der Waals surface area (Å²) in [5.74, 6) is 0.220. The van der Waals surface area contributed by atoms with Gasteiger partial charge in [-0.25, -0.2) is 8.42 Å². The molecule has 0 aliphatic carbocycles. The molecule has 34 heavy (non-hydrogen) atoms. The average Bonchev–Trinajstić information content (AvgIpc) is 3.48. The molecule has 2 aliphatic heterocycles. The molecule has 6 rings (SSSR count). The van der Waals surface area contributed by atoms with Gasteiger partial charge >= 0.3 is 0 Å². The van der Waals surface area contributed by atoms with E-state index in [9.17, 15) is 8.42 Å². The average molecular weight is 474 g/mol. The summed E-state index contributed by atoms with van der Waals surface area (Å²) >= 11 is 0. The van der Waals surface area contributed by atoms with Crippen LogP contribution in [0.25, 0.3) is 10.9 Å². The number of ether oxygens (including phenoxy) is 1. The van der Waals surface area contributed by atoms with Crippen molar-refractivity contribution in [1.82, 2.24) is 4.98 Å². The molecule has 1 unspecified atom stereocenters. The van der Waals surface area contributed by atoms with E-state index in [0.29, 0.717) is 12.3 Å². The van der Waals surface area contributed by atoms with E-state index in [1.807, 2.05) is 38.1 Å². The quantitative estimate of drug-likeness (QED) is 0.348. The van der Waals surface area contributed by atoms with Crippen molar-refractivity contribution in [3.8, 4) is 0 Å². The van der Waals surface area contributed by atoms with Gasteiger partial charge in [-0.3, -0.25) is 4.72 Å². The maximum Gasteiger partial charge on any atom is 0.261 e. The fraction of sp³-hybridized carbons (Fsp3) is 0.259. The van der Waals surface area contributed by atoms with Crippen LogP contribution < -0.4 is 10.0 Å². The summed E-state index contributed by atoms with van der Waals surface area (Å²) < 4.78 is 35.3. The third kappa shape index (κ3) is 3.47. The molecule has 0 spiro atoms. The Bertz CT molecular complexity index is 1510. The lowest BCUT2D eigenvalue weighted by atomic mass is 9.81. The first kappa shape index (κ1) is 21.3. The van der Waals surface area contributed by atoms with E-state index in [-0.39, 0.29) is 23.0 Å². The van der Waals surface area contributed by atoms with Crippen LogP contribution in [0.3, 0.4) is 0 Å². The topological polar surface area (TPSA) is 83.2 Å². The van der Waals surface area contributed by atoms with Gasteiger partial charge in [0, 0.05) is 46.6 Å². The molecular formula is C27H27N3O3S. The fourth-order valence-electron chi connectivity index (χ4n) is 5.30. The van der Waals surface area contributed by atoms with Crippen molar-refractivity contribution in [3.63, 3.8) is 0 Å². The summed E-state index contributed by atoms with van der Waals surface area (Å²) in [5.41, 5.74) is 6.88. The maximum absolute atomic E-state index is 13.2. The monoisotopic (exact) mass is 473 g/mol. The molecule has 2 aliphatic rings. The summed E-state index contributed by atoms with van der Waals surface area (Å²) in [6.45, 7) is 4.64. The highest BCUT2D eigenvalue weighted by molar-refractivity contribution is 7.92. The summed E-state index contributed by atoms with van der Waals surface area (Å²) in [6.07, 6.45) is 2.85. The molecular weight excluding hydrogens is 446 g/mol. The minimum absolute atomic E-state index is 0.0901. The standard InChI is InChI=1S/C27H27N3O3S/c1-16-7-8-18(13-17(16)2)30-34(31,32)19-9-10-25-22(14-19)27-21(11-12-33-27)26(29-25)23-15-28-24-6-4-3-5-20(23)24/h3-10,13-15,21,26-30H,11-12H2,1-2H3/t21-,26-,27?/m0/s1. The van der Waals surface area contributed by atoms with E-state index in [1.165, 1.54) is 10.9 Å². The normalized spacial score (nSPS) is 21.6. The molecule has 6 nitrogen and oxygen atoms in total. The summed E-state index contributed by atoms with van der Waals surface area (Å²) in [4.78, 5) is 3.62. The molecule has 0 bridgehead atoms. The number of hydrogen-bond donors (Lipinski definition) is 3. The van der Waals surface area contributed by atoms with Crippen LogP contribution in [0.15, 0.2) is 71.8 Å². The number of aromatic nitrogens is 1. The zero-order valence-electron chi connectivity index (χ0n) is 19.1. The lowest BCUT2D eigenvalue weighted by molar-refractivity contribution is 0.0829. The third-order valence-electron chi connectivity index (χ3n) is 7.23. The largest absolute Gasteiger partial charge is 0.377 e. The Balaban J connectivity index is 1.35. The van der Waals surface area contributed by atoms with Crippen molar-refractivity contribution >= 4 is 32.3 Å². The summed E-state index contributed by atoms with van der Waals surface area (Å²) in [6, 6.07) is 19.3. The Hall–Kier alpha value is -3.29. The number of para-hydroxylation sites is 1. The van der Waals surface area contributed by atoms with Gasteiger partial charge < -0.3 is 15.0 Å². The van der Waals surface area contributed by atoms with Crippen molar-refractivity contribution in [2.75, 3.05) is 16.6 Å². The van der Waals surface area contributed by atoms with Crippen LogP contribution in [0, 0.1) is 19.8 Å². The van der Waals surface area contributed by atoms with Gasteiger partial charge in [0.05, 0.1) is 17.0 Å². The smallest absolute Gasteiger partial charge is 0.261 e. The Kier molecular flexibility index (Phi) is 4.93. The zero-order valence-corrected chi connectivity index (χ0v) is 19.9. The van der Waals surface area contributed by atoms with Gasteiger partial charge in [0.2, 0.25) is 0 Å². The third-order valence-corrected chi connectivity index (χ3v) is 8.61. The second kappa shape index (κ2) is 7.89. The molecule has 1 aromatic heterocycles. The van der Waals surface area contributed by atoms with Gasteiger partial charge in [0.25, 0.3) is 10.0 Å². The minimum Gasteiger partial charge on any atom is -0.377 e. The second-order valence-corrected chi connectivity index (χ2v) is 11.0. The number of rotatable bonds is 4. The van der Waals surface area contributed by atoms with Crippen LogP contribution in [0.2, 0.25) is 0 Å². The molecule has 174 valence electrons. The van der Waals surface area contributed by atoms with Crippen LogP contribution in [0.5, 0.6) is 0 Å². The van der Waals surface area contributed by atoms with Gasteiger partial charge in [-0.05, 0) is 73.4 Å². The number of H-pyrrole nitrogens is 1. The molecule has 1 fully saturated rings. The van der Waals surface area contributed by atoms with Gasteiger partial charge in [0.15, 0.2) is 0 Å². The molecule has 7 heteroatoms. The number of benzene rings is 3. The van der Waals surface area contributed by atoms with Crippen molar-refractivity contribution in [2.45, 2.75) is 37.3 Å². The summed E-state index contributed by atoms with van der Waals surface area (Å²) in [5, 5.41) is 4.89. The molecule has 0 radical (unpaired) electrons. The highest BCUT2D eigenvalue weighted by Gasteiger charge is 2.42. The number of fused-ring (bicyclic) bond motifs is 4. The van der Waals surface area contributed by atoms with Crippen molar-refractivity contribution in [2.24, 2.45) is 5.92 Å². The second-order valence-electron chi connectivity index (χ2n) is 9.31.